The Bertz CT molecular complexity index is 599. The van der Waals surface area contributed by atoms with Crippen LogP contribution in [0.25, 0.3) is 0 Å². The molecule has 0 aliphatic heterocycles. The SMILES string of the molecule is CCNC(Cc1ccccc1F)c1c(C)cc(F)cc1C. The van der Waals surface area contributed by atoms with Gasteiger partial charge in [-0.2, -0.15) is 0 Å². The maximum absolute atomic E-state index is 13.9. The molecule has 21 heavy (non-hydrogen) atoms. The van der Waals surface area contributed by atoms with Crippen LogP contribution in [0.15, 0.2) is 36.4 Å². The normalized spacial score (nSPS) is 12.4. The highest BCUT2D eigenvalue weighted by Gasteiger charge is 2.18. The molecule has 0 aromatic heterocycles. The summed E-state index contributed by atoms with van der Waals surface area (Å²) >= 11 is 0. The molecular weight excluding hydrogens is 268 g/mol. The van der Waals surface area contributed by atoms with E-state index >= 15 is 0 Å². The largest absolute Gasteiger partial charge is 0.310 e. The van der Waals surface area contributed by atoms with Crippen LogP contribution in [-0.4, -0.2) is 6.54 Å². The lowest BCUT2D eigenvalue weighted by atomic mass is 9.91. The van der Waals surface area contributed by atoms with E-state index in [0.717, 1.165) is 23.2 Å². The summed E-state index contributed by atoms with van der Waals surface area (Å²) in [5.41, 5.74) is 3.53. The summed E-state index contributed by atoms with van der Waals surface area (Å²) in [6, 6.07) is 9.85. The monoisotopic (exact) mass is 289 g/mol. The Morgan fingerprint density at radius 2 is 1.67 bits per heavy atom. The molecule has 1 atom stereocenters. The van der Waals surface area contributed by atoms with Crippen molar-refractivity contribution in [1.29, 1.82) is 0 Å². The average molecular weight is 289 g/mol. The van der Waals surface area contributed by atoms with E-state index < -0.39 is 0 Å². The molecule has 0 bridgehead atoms. The number of halogens is 2. The van der Waals surface area contributed by atoms with Crippen LogP contribution in [0.2, 0.25) is 0 Å². The standard InChI is InChI=1S/C18H21F2N/c1-4-21-17(11-14-7-5-6-8-16(14)20)18-12(2)9-15(19)10-13(18)3/h5-10,17,21H,4,11H2,1-3H3. The Balaban J connectivity index is 2.38. The van der Waals surface area contributed by atoms with Crippen LogP contribution >= 0.6 is 0 Å². The lowest BCUT2D eigenvalue weighted by molar-refractivity contribution is 0.522. The first-order valence-electron chi connectivity index (χ1n) is 7.26. The van der Waals surface area contributed by atoms with Crippen molar-refractivity contribution in [2.75, 3.05) is 6.54 Å². The summed E-state index contributed by atoms with van der Waals surface area (Å²) in [6.45, 7) is 6.59. The van der Waals surface area contributed by atoms with Gasteiger partial charge in [-0.1, -0.05) is 25.1 Å². The number of aryl methyl sites for hydroxylation is 2. The third kappa shape index (κ3) is 3.67. The maximum atomic E-state index is 13.9. The lowest BCUT2D eigenvalue weighted by Gasteiger charge is -2.23. The predicted molar refractivity (Wildman–Crippen MR) is 82.4 cm³/mol. The second-order valence-electron chi connectivity index (χ2n) is 5.36. The summed E-state index contributed by atoms with van der Waals surface area (Å²) in [4.78, 5) is 0. The predicted octanol–water partition coefficient (Wildman–Crippen LogP) is 4.47. The van der Waals surface area contributed by atoms with Crippen LogP contribution in [0, 0.1) is 25.5 Å². The van der Waals surface area contributed by atoms with Crippen molar-refractivity contribution >= 4 is 0 Å². The molecule has 0 amide bonds. The highest BCUT2D eigenvalue weighted by Crippen LogP contribution is 2.27. The van der Waals surface area contributed by atoms with E-state index in [0.29, 0.717) is 12.0 Å². The topological polar surface area (TPSA) is 12.0 Å². The molecular formula is C18H21F2N. The Kier molecular flexibility index (Phi) is 5.07. The number of hydrogen-bond acceptors (Lipinski definition) is 1. The number of hydrogen-bond donors (Lipinski definition) is 1. The fourth-order valence-corrected chi connectivity index (χ4v) is 2.88. The van der Waals surface area contributed by atoms with Crippen molar-refractivity contribution < 1.29 is 8.78 Å². The molecule has 0 heterocycles. The molecule has 0 aliphatic rings. The average Bonchev–Trinajstić information content (AvgIpc) is 2.40. The number of nitrogens with one attached hydrogen (secondary N) is 1. The highest BCUT2D eigenvalue weighted by atomic mass is 19.1. The van der Waals surface area contributed by atoms with Gasteiger partial charge in [0, 0.05) is 6.04 Å². The van der Waals surface area contributed by atoms with E-state index in [1.165, 1.54) is 18.2 Å². The van der Waals surface area contributed by atoms with Crippen molar-refractivity contribution in [1.82, 2.24) is 5.32 Å². The van der Waals surface area contributed by atoms with Gasteiger partial charge >= 0.3 is 0 Å². The van der Waals surface area contributed by atoms with Crippen molar-refractivity contribution in [3.63, 3.8) is 0 Å². The number of rotatable bonds is 5. The van der Waals surface area contributed by atoms with Crippen LogP contribution in [0.5, 0.6) is 0 Å². The van der Waals surface area contributed by atoms with Crippen molar-refractivity contribution in [2.24, 2.45) is 0 Å². The minimum absolute atomic E-state index is 0.0208. The number of likely N-dealkylation sites (N-methyl/N-ethyl adjacent to an activating group) is 1. The molecule has 0 aliphatic carbocycles. The zero-order valence-corrected chi connectivity index (χ0v) is 12.7. The van der Waals surface area contributed by atoms with E-state index in [1.54, 1.807) is 12.1 Å². The van der Waals surface area contributed by atoms with Crippen molar-refractivity contribution in [3.8, 4) is 0 Å². The molecule has 1 nitrogen and oxygen atoms in total. The number of benzene rings is 2. The Morgan fingerprint density at radius 1 is 1.05 bits per heavy atom. The van der Waals surface area contributed by atoms with Gasteiger partial charge in [0.15, 0.2) is 0 Å². The molecule has 2 aromatic carbocycles. The zero-order chi connectivity index (χ0) is 15.4. The van der Waals surface area contributed by atoms with Gasteiger partial charge in [0.05, 0.1) is 0 Å². The molecule has 0 saturated heterocycles. The summed E-state index contributed by atoms with van der Waals surface area (Å²) in [7, 11) is 0. The first kappa shape index (κ1) is 15.6. The molecule has 1 unspecified atom stereocenters. The van der Waals surface area contributed by atoms with Gasteiger partial charge in [-0.25, -0.2) is 8.78 Å². The Labute approximate surface area is 125 Å². The minimum atomic E-state index is -0.227. The summed E-state index contributed by atoms with van der Waals surface area (Å²) < 4.78 is 27.4. The van der Waals surface area contributed by atoms with Gasteiger partial charge < -0.3 is 5.32 Å². The van der Waals surface area contributed by atoms with Crippen LogP contribution in [0.4, 0.5) is 8.78 Å². The first-order valence-corrected chi connectivity index (χ1v) is 7.26. The molecule has 0 spiro atoms. The molecule has 112 valence electrons. The first-order chi connectivity index (χ1) is 10.0. The van der Waals surface area contributed by atoms with Gasteiger partial charge in [-0.05, 0) is 67.3 Å². The van der Waals surface area contributed by atoms with E-state index in [9.17, 15) is 8.78 Å². The van der Waals surface area contributed by atoms with Crippen LogP contribution in [-0.2, 0) is 6.42 Å². The summed E-state index contributed by atoms with van der Waals surface area (Å²) in [5, 5.41) is 3.39. The second-order valence-corrected chi connectivity index (χ2v) is 5.36. The smallest absolute Gasteiger partial charge is 0.126 e. The van der Waals surface area contributed by atoms with E-state index in [4.69, 9.17) is 0 Å². The van der Waals surface area contributed by atoms with Gasteiger partial charge in [-0.3, -0.25) is 0 Å². The third-order valence-corrected chi connectivity index (χ3v) is 3.74. The lowest BCUT2D eigenvalue weighted by Crippen LogP contribution is -2.25. The van der Waals surface area contributed by atoms with Gasteiger partial charge in [0.2, 0.25) is 0 Å². The van der Waals surface area contributed by atoms with E-state index in [2.05, 4.69) is 5.32 Å². The van der Waals surface area contributed by atoms with Crippen LogP contribution in [0.3, 0.4) is 0 Å². The molecule has 0 fully saturated rings. The van der Waals surface area contributed by atoms with Crippen LogP contribution in [0.1, 0.15) is 35.2 Å². The van der Waals surface area contributed by atoms with E-state index in [-0.39, 0.29) is 17.7 Å². The zero-order valence-electron chi connectivity index (χ0n) is 12.7. The molecule has 2 rings (SSSR count). The van der Waals surface area contributed by atoms with Gasteiger partial charge in [0.25, 0.3) is 0 Å². The fourth-order valence-electron chi connectivity index (χ4n) is 2.88. The molecule has 1 N–H and O–H groups in total. The Morgan fingerprint density at radius 3 is 2.24 bits per heavy atom. The Hall–Kier alpha value is -1.74. The third-order valence-electron chi connectivity index (χ3n) is 3.74. The minimum Gasteiger partial charge on any atom is -0.310 e. The molecule has 3 heteroatoms. The quantitative estimate of drug-likeness (QED) is 0.856. The second kappa shape index (κ2) is 6.81. The van der Waals surface area contributed by atoms with Gasteiger partial charge in [-0.15, -0.1) is 0 Å². The highest BCUT2D eigenvalue weighted by molar-refractivity contribution is 5.38. The van der Waals surface area contributed by atoms with E-state index in [1.807, 2.05) is 26.8 Å². The van der Waals surface area contributed by atoms with Crippen molar-refractivity contribution in [3.05, 3.63) is 70.3 Å². The summed E-state index contributed by atoms with van der Waals surface area (Å²) in [6.07, 6.45) is 0.549. The van der Waals surface area contributed by atoms with Crippen molar-refractivity contribution in [2.45, 2.75) is 33.2 Å². The maximum Gasteiger partial charge on any atom is 0.126 e. The fraction of sp³-hybridized carbons (Fsp3) is 0.333. The van der Waals surface area contributed by atoms with Crippen LogP contribution < -0.4 is 5.32 Å². The van der Waals surface area contributed by atoms with Gasteiger partial charge in [0.1, 0.15) is 11.6 Å². The summed E-state index contributed by atoms with van der Waals surface area (Å²) in [5.74, 6) is -0.423. The molecule has 0 saturated carbocycles. The molecule has 0 radical (unpaired) electrons. The molecule has 2 aromatic rings.